The zero-order valence-electron chi connectivity index (χ0n) is 24.5. The van der Waals surface area contributed by atoms with E-state index in [1.807, 2.05) is 35.0 Å². The Hall–Kier alpha value is -5.24. The molecule has 8 heteroatoms. The van der Waals surface area contributed by atoms with Crippen LogP contribution in [0.3, 0.4) is 0 Å². The number of amides is 2. The maximum absolute atomic E-state index is 13.1. The van der Waals surface area contributed by atoms with E-state index in [0.717, 1.165) is 33.6 Å². The maximum Gasteiger partial charge on any atom is 0.251 e. The van der Waals surface area contributed by atoms with Crippen LogP contribution in [-0.4, -0.2) is 37.7 Å². The highest BCUT2D eigenvalue weighted by atomic mass is 16.3. The van der Waals surface area contributed by atoms with Crippen LogP contribution < -0.4 is 11.1 Å². The first-order chi connectivity index (χ1) is 20.6. The van der Waals surface area contributed by atoms with Gasteiger partial charge in [-0.2, -0.15) is 5.10 Å². The molecule has 43 heavy (non-hydrogen) atoms. The summed E-state index contributed by atoms with van der Waals surface area (Å²) in [6.45, 7) is 7.16. The number of primary amides is 1. The molecule has 0 radical (unpaired) electrons. The monoisotopic (exact) mass is 573 g/mol. The van der Waals surface area contributed by atoms with Crippen LogP contribution in [0, 0.1) is 0 Å². The van der Waals surface area contributed by atoms with Crippen LogP contribution >= 0.6 is 0 Å². The van der Waals surface area contributed by atoms with Crippen molar-refractivity contribution >= 4 is 11.8 Å². The van der Waals surface area contributed by atoms with Crippen molar-refractivity contribution in [3.05, 3.63) is 126 Å². The van der Waals surface area contributed by atoms with Crippen molar-refractivity contribution in [2.45, 2.75) is 45.2 Å². The van der Waals surface area contributed by atoms with E-state index in [1.165, 1.54) is 17.7 Å². The number of carbonyl (C=O) groups is 2. The van der Waals surface area contributed by atoms with Gasteiger partial charge in [-0.1, -0.05) is 69.3 Å². The van der Waals surface area contributed by atoms with Crippen LogP contribution in [-0.2, 0) is 23.2 Å². The lowest BCUT2D eigenvalue weighted by Gasteiger charge is -2.19. The molecule has 2 aromatic heterocycles. The number of hydrogen-bond donors (Lipinski definition) is 3. The standard InChI is InChI=1S/C35H35N5O3/c1-35(2,3)28-14-6-24(7-15-28)22-40-32(20-30(39-40)27-5-4-18-37-21-27)25-10-12-26(13-11-25)34(43)38-31(33(36)42)19-23-8-16-29(41)17-9-23/h4-18,20-21,31,41H,19,22H2,1-3H3,(H2,36,42)(H,38,43)/t31-/m0/s1. The smallest absolute Gasteiger partial charge is 0.251 e. The number of nitrogens with two attached hydrogens (primary N) is 1. The second-order valence-electron chi connectivity index (χ2n) is 11.6. The summed E-state index contributed by atoms with van der Waals surface area (Å²) in [6.07, 6.45) is 3.73. The van der Waals surface area contributed by atoms with Gasteiger partial charge in [-0.3, -0.25) is 19.3 Å². The molecule has 0 bridgehead atoms. The number of phenolic OH excluding ortho intramolecular Hbond substituents is 1. The molecule has 0 unspecified atom stereocenters. The van der Waals surface area contributed by atoms with Crippen LogP contribution in [0.4, 0.5) is 0 Å². The molecule has 1 atom stereocenters. The molecule has 4 N–H and O–H groups in total. The highest BCUT2D eigenvalue weighted by molar-refractivity contribution is 5.97. The summed E-state index contributed by atoms with van der Waals surface area (Å²) in [7, 11) is 0. The first-order valence-corrected chi connectivity index (χ1v) is 14.1. The van der Waals surface area contributed by atoms with E-state index in [9.17, 15) is 14.7 Å². The minimum atomic E-state index is -0.898. The molecule has 5 aromatic rings. The molecule has 8 nitrogen and oxygen atoms in total. The fourth-order valence-electron chi connectivity index (χ4n) is 4.83. The second kappa shape index (κ2) is 12.3. The van der Waals surface area contributed by atoms with Crippen molar-refractivity contribution in [2.24, 2.45) is 5.73 Å². The molecule has 0 aliphatic carbocycles. The van der Waals surface area contributed by atoms with Crippen LogP contribution in [0.1, 0.15) is 47.8 Å². The Kier molecular flexibility index (Phi) is 8.39. The number of benzene rings is 3. The second-order valence-corrected chi connectivity index (χ2v) is 11.6. The number of nitrogens with one attached hydrogen (secondary N) is 1. The summed E-state index contributed by atoms with van der Waals surface area (Å²) in [5, 5.41) is 17.2. The number of rotatable bonds is 9. The number of phenols is 1. The molecule has 0 fully saturated rings. The lowest BCUT2D eigenvalue weighted by Crippen LogP contribution is -2.45. The van der Waals surface area contributed by atoms with Gasteiger partial charge in [0.05, 0.1) is 17.9 Å². The summed E-state index contributed by atoms with van der Waals surface area (Å²) in [4.78, 5) is 29.4. The van der Waals surface area contributed by atoms with E-state index < -0.39 is 17.9 Å². The number of pyridine rings is 1. The van der Waals surface area contributed by atoms with Gasteiger partial charge in [-0.05, 0) is 70.1 Å². The lowest BCUT2D eigenvalue weighted by atomic mass is 9.87. The van der Waals surface area contributed by atoms with Gasteiger partial charge >= 0.3 is 0 Å². The van der Waals surface area contributed by atoms with Crippen molar-refractivity contribution in [1.82, 2.24) is 20.1 Å². The lowest BCUT2D eigenvalue weighted by molar-refractivity contribution is -0.119. The van der Waals surface area contributed by atoms with Gasteiger partial charge in [-0.15, -0.1) is 0 Å². The van der Waals surface area contributed by atoms with Crippen LogP contribution in [0.25, 0.3) is 22.5 Å². The van der Waals surface area contributed by atoms with E-state index in [1.54, 1.807) is 36.7 Å². The quantitative estimate of drug-likeness (QED) is 0.215. The Bertz CT molecular complexity index is 1700. The minimum absolute atomic E-state index is 0.0693. The van der Waals surface area contributed by atoms with Crippen molar-refractivity contribution in [3.63, 3.8) is 0 Å². The Labute approximate surface area is 251 Å². The van der Waals surface area contributed by atoms with Crippen molar-refractivity contribution in [2.75, 3.05) is 0 Å². The van der Waals surface area contributed by atoms with Crippen LogP contribution in [0.2, 0.25) is 0 Å². The Morgan fingerprint density at radius 3 is 2.19 bits per heavy atom. The molecule has 0 aliphatic heterocycles. The van der Waals surface area contributed by atoms with Crippen molar-refractivity contribution in [1.29, 1.82) is 0 Å². The molecule has 0 spiro atoms. The third kappa shape index (κ3) is 7.16. The minimum Gasteiger partial charge on any atom is -0.508 e. The summed E-state index contributed by atoms with van der Waals surface area (Å²) < 4.78 is 1.96. The predicted octanol–water partition coefficient (Wildman–Crippen LogP) is 5.49. The molecule has 0 saturated carbocycles. The van der Waals surface area contributed by atoms with Crippen LogP contribution in [0.15, 0.2) is 103 Å². The first-order valence-electron chi connectivity index (χ1n) is 14.1. The average Bonchev–Trinajstić information content (AvgIpc) is 3.42. The Morgan fingerprint density at radius 1 is 0.907 bits per heavy atom. The van der Waals surface area contributed by atoms with E-state index >= 15 is 0 Å². The van der Waals surface area contributed by atoms with Gasteiger partial charge in [0.1, 0.15) is 11.8 Å². The maximum atomic E-state index is 13.1. The summed E-state index contributed by atoms with van der Waals surface area (Å²) in [5.41, 5.74) is 12.7. The number of carbonyl (C=O) groups excluding carboxylic acids is 2. The molecule has 0 aliphatic rings. The summed E-state index contributed by atoms with van der Waals surface area (Å²) >= 11 is 0. The van der Waals surface area contributed by atoms with Gasteiger partial charge in [0.15, 0.2) is 0 Å². The molecular formula is C35H35N5O3. The van der Waals surface area contributed by atoms with E-state index in [-0.39, 0.29) is 17.6 Å². The SMILES string of the molecule is CC(C)(C)c1ccc(Cn2nc(-c3cccnc3)cc2-c2ccc(C(=O)N[C@@H](Cc3ccc(O)cc3)C(N)=O)cc2)cc1. The molecule has 218 valence electrons. The molecular weight excluding hydrogens is 538 g/mol. The van der Waals surface area contributed by atoms with Crippen molar-refractivity contribution in [3.8, 4) is 28.3 Å². The number of hydrogen-bond acceptors (Lipinski definition) is 5. The van der Waals surface area contributed by atoms with Gasteiger partial charge in [0.2, 0.25) is 5.91 Å². The average molecular weight is 574 g/mol. The van der Waals surface area contributed by atoms with E-state index in [2.05, 4.69) is 55.3 Å². The van der Waals surface area contributed by atoms with Gasteiger partial charge in [-0.25, -0.2) is 0 Å². The zero-order chi connectivity index (χ0) is 30.6. The highest BCUT2D eigenvalue weighted by Crippen LogP contribution is 2.28. The summed E-state index contributed by atoms with van der Waals surface area (Å²) in [5.74, 6) is -0.922. The predicted molar refractivity (Wildman–Crippen MR) is 167 cm³/mol. The third-order valence-corrected chi connectivity index (χ3v) is 7.36. The largest absolute Gasteiger partial charge is 0.508 e. The number of aromatic hydroxyl groups is 1. The molecule has 3 aromatic carbocycles. The Morgan fingerprint density at radius 2 is 1.58 bits per heavy atom. The molecule has 5 rings (SSSR count). The van der Waals surface area contributed by atoms with E-state index in [4.69, 9.17) is 10.8 Å². The number of nitrogens with zero attached hydrogens (tertiary/aromatic N) is 3. The first kappa shape index (κ1) is 29.3. The van der Waals surface area contributed by atoms with Gasteiger partial charge in [0.25, 0.3) is 5.91 Å². The zero-order valence-corrected chi connectivity index (χ0v) is 24.5. The Balaban J connectivity index is 1.39. The molecule has 0 saturated heterocycles. The van der Waals surface area contributed by atoms with Crippen molar-refractivity contribution < 1.29 is 14.7 Å². The van der Waals surface area contributed by atoms with Gasteiger partial charge in [0, 0.05) is 29.9 Å². The molecule has 2 heterocycles. The topological polar surface area (TPSA) is 123 Å². The van der Waals surface area contributed by atoms with Crippen LogP contribution in [0.5, 0.6) is 5.75 Å². The third-order valence-electron chi connectivity index (χ3n) is 7.36. The summed E-state index contributed by atoms with van der Waals surface area (Å²) in [6, 6.07) is 27.2. The molecule has 2 amide bonds. The number of aromatic nitrogens is 3. The highest BCUT2D eigenvalue weighted by Gasteiger charge is 2.20. The normalized spacial score (nSPS) is 12.1. The van der Waals surface area contributed by atoms with E-state index in [0.29, 0.717) is 12.1 Å². The fraction of sp³-hybridized carbons (Fsp3) is 0.200. The fourth-order valence-corrected chi connectivity index (χ4v) is 4.83. The van der Waals surface area contributed by atoms with Gasteiger partial charge < -0.3 is 16.2 Å².